The van der Waals surface area contributed by atoms with E-state index >= 15 is 0 Å². The monoisotopic (exact) mass is 319 g/mol. The van der Waals surface area contributed by atoms with Gasteiger partial charge in [-0.15, -0.1) is 0 Å². The molecule has 0 fully saturated rings. The molecule has 22 heavy (non-hydrogen) atoms. The molecule has 1 unspecified atom stereocenters. The van der Waals surface area contributed by atoms with Gasteiger partial charge < -0.3 is 4.84 Å². The first-order chi connectivity index (χ1) is 10.7. The fourth-order valence-electron chi connectivity index (χ4n) is 1.79. The Bertz CT molecular complexity index is 487. The van der Waals surface area contributed by atoms with Crippen LogP contribution in [0.4, 0.5) is 0 Å². The Morgan fingerprint density at radius 1 is 1.41 bits per heavy atom. The van der Waals surface area contributed by atoms with Crippen LogP contribution < -0.4 is 4.84 Å². The minimum Gasteiger partial charge on any atom is -0.414 e. The third kappa shape index (κ3) is 7.60. The van der Waals surface area contributed by atoms with E-state index in [1.807, 2.05) is 29.3 Å². The molecule has 0 amide bonds. The summed E-state index contributed by atoms with van der Waals surface area (Å²) in [5.41, 5.74) is 0. The van der Waals surface area contributed by atoms with Gasteiger partial charge in [0.2, 0.25) is 0 Å². The highest BCUT2D eigenvalue weighted by atomic mass is 32.2. The van der Waals surface area contributed by atoms with Gasteiger partial charge in [0.25, 0.3) is 0 Å². The molecule has 0 aliphatic heterocycles. The van der Waals surface area contributed by atoms with Gasteiger partial charge in [-0.05, 0) is 24.5 Å². The van der Waals surface area contributed by atoms with Crippen LogP contribution in [-0.4, -0.2) is 11.3 Å². The first kappa shape index (κ1) is 18.7. The van der Waals surface area contributed by atoms with Crippen LogP contribution in [0.15, 0.2) is 59.1 Å². The van der Waals surface area contributed by atoms with E-state index in [4.69, 9.17) is 4.84 Å². The summed E-state index contributed by atoms with van der Waals surface area (Å²) in [5.74, 6) is 0.598. The van der Waals surface area contributed by atoms with Crippen molar-refractivity contribution in [3.8, 4) is 0 Å². The van der Waals surface area contributed by atoms with E-state index < -0.39 is 0 Å². The first-order valence-electron chi connectivity index (χ1n) is 8.19. The van der Waals surface area contributed by atoms with Crippen LogP contribution in [0.2, 0.25) is 0 Å². The summed E-state index contributed by atoms with van der Waals surface area (Å²) in [6.07, 6.45) is 17.0. The molecule has 0 saturated heterocycles. The molecular weight excluding hydrogens is 290 g/mol. The second kappa shape index (κ2) is 11.2. The van der Waals surface area contributed by atoms with E-state index in [0.717, 1.165) is 19.4 Å². The lowest BCUT2D eigenvalue weighted by atomic mass is 10.1. The minimum absolute atomic E-state index is 0.598. The molecule has 0 spiro atoms. The lowest BCUT2D eigenvalue weighted by molar-refractivity contribution is 0.107. The highest BCUT2D eigenvalue weighted by molar-refractivity contribution is 8.03. The third-order valence-corrected chi connectivity index (χ3v) is 4.36. The Kier molecular flexibility index (Phi) is 9.56. The molecule has 0 N–H and O–H groups in total. The maximum atomic E-state index is 5.69. The molecule has 0 radical (unpaired) electrons. The van der Waals surface area contributed by atoms with Gasteiger partial charge in [-0.1, -0.05) is 76.6 Å². The number of unbranched alkanes of at least 4 members (excludes halogenated alkanes) is 2. The van der Waals surface area contributed by atoms with Gasteiger partial charge in [0, 0.05) is 16.0 Å². The molecule has 3 heteroatoms. The summed E-state index contributed by atoms with van der Waals surface area (Å²) in [5, 5.41) is 0. The highest BCUT2D eigenvalue weighted by Crippen LogP contribution is 2.28. The standard InChI is InChI=1S/C19H29NOS/c1-5-8-9-15-21-20-14-13-19(16-20)22-18(10-6-2)12-11-17(4)7-3/h6,10-14,16-17H,2,5,7-9,15H2,1,3-4H3/b12-11-,18-10+. The molecule has 0 aliphatic carbocycles. The zero-order valence-electron chi connectivity index (χ0n) is 14.1. The second-order valence-electron chi connectivity index (χ2n) is 5.40. The first-order valence-corrected chi connectivity index (χ1v) is 9.01. The minimum atomic E-state index is 0.598. The fraction of sp³-hybridized carbons (Fsp3) is 0.474. The van der Waals surface area contributed by atoms with Crippen LogP contribution in [0.3, 0.4) is 0 Å². The predicted molar refractivity (Wildman–Crippen MR) is 98.1 cm³/mol. The Morgan fingerprint density at radius 3 is 2.91 bits per heavy atom. The van der Waals surface area contributed by atoms with Gasteiger partial charge in [-0.25, -0.2) is 0 Å². The van der Waals surface area contributed by atoms with Crippen LogP contribution in [0.25, 0.3) is 0 Å². The van der Waals surface area contributed by atoms with Gasteiger partial charge in [-0.2, -0.15) is 4.73 Å². The largest absolute Gasteiger partial charge is 0.414 e. The SMILES string of the molecule is C=C/C=C(\C=C/C(C)CC)Sc1ccn(OCCCCC)c1. The van der Waals surface area contributed by atoms with Crippen LogP contribution in [0.5, 0.6) is 0 Å². The predicted octanol–water partition coefficient (Wildman–Crippen LogP) is 5.87. The average Bonchev–Trinajstić information content (AvgIpc) is 2.96. The van der Waals surface area contributed by atoms with Crippen LogP contribution in [0, 0.1) is 5.92 Å². The zero-order chi connectivity index (χ0) is 16.2. The van der Waals surface area contributed by atoms with Gasteiger partial charge >= 0.3 is 0 Å². The maximum Gasteiger partial charge on any atom is 0.115 e. The number of hydrogen-bond donors (Lipinski definition) is 0. The summed E-state index contributed by atoms with van der Waals surface area (Å²) in [6.45, 7) is 11.2. The molecule has 0 saturated carbocycles. The maximum absolute atomic E-state index is 5.69. The molecule has 0 aliphatic rings. The van der Waals surface area contributed by atoms with Crippen molar-refractivity contribution in [2.45, 2.75) is 51.3 Å². The smallest absolute Gasteiger partial charge is 0.115 e. The molecule has 1 aromatic rings. The summed E-state index contributed by atoms with van der Waals surface area (Å²) in [4.78, 5) is 8.06. The summed E-state index contributed by atoms with van der Waals surface area (Å²) >= 11 is 1.73. The fourth-order valence-corrected chi connectivity index (χ4v) is 2.66. The molecule has 1 rings (SSSR count). The molecule has 1 atom stereocenters. The summed E-state index contributed by atoms with van der Waals surface area (Å²) in [7, 11) is 0. The average molecular weight is 320 g/mol. The Balaban J connectivity index is 2.56. The molecular formula is C19H29NOS. The van der Waals surface area contributed by atoms with Crippen molar-refractivity contribution in [1.29, 1.82) is 0 Å². The van der Waals surface area contributed by atoms with E-state index in [1.165, 1.54) is 22.6 Å². The Hall–Kier alpha value is -1.35. The second-order valence-corrected chi connectivity index (χ2v) is 6.55. The molecule has 0 bridgehead atoms. The summed E-state index contributed by atoms with van der Waals surface area (Å²) in [6, 6.07) is 2.08. The summed E-state index contributed by atoms with van der Waals surface area (Å²) < 4.78 is 1.81. The van der Waals surface area contributed by atoms with E-state index in [2.05, 4.69) is 45.6 Å². The normalized spacial score (nSPS) is 13.5. The van der Waals surface area contributed by atoms with E-state index in [0.29, 0.717) is 5.92 Å². The van der Waals surface area contributed by atoms with Crippen molar-refractivity contribution < 1.29 is 4.84 Å². The van der Waals surface area contributed by atoms with E-state index in [1.54, 1.807) is 11.8 Å². The number of nitrogens with zero attached hydrogens (tertiary/aromatic N) is 1. The van der Waals surface area contributed by atoms with Gasteiger partial charge in [0.15, 0.2) is 0 Å². The highest BCUT2D eigenvalue weighted by Gasteiger charge is 2.02. The lowest BCUT2D eigenvalue weighted by Gasteiger charge is -2.05. The lowest BCUT2D eigenvalue weighted by Crippen LogP contribution is -2.10. The van der Waals surface area contributed by atoms with Crippen LogP contribution in [0.1, 0.15) is 46.5 Å². The van der Waals surface area contributed by atoms with Crippen LogP contribution >= 0.6 is 11.8 Å². The van der Waals surface area contributed by atoms with Crippen molar-refractivity contribution in [2.24, 2.45) is 5.92 Å². The van der Waals surface area contributed by atoms with Gasteiger partial charge in [-0.3, -0.25) is 0 Å². The zero-order valence-corrected chi connectivity index (χ0v) is 14.9. The number of allylic oxidation sites excluding steroid dienone is 4. The van der Waals surface area contributed by atoms with Crippen molar-refractivity contribution in [1.82, 2.24) is 4.73 Å². The van der Waals surface area contributed by atoms with Crippen molar-refractivity contribution in [3.63, 3.8) is 0 Å². The van der Waals surface area contributed by atoms with Crippen LogP contribution in [-0.2, 0) is 0 Å². The van der Waals surface area contributed by atoms with Gasteiger partial charge in [0.1, 0.15) is 6.61 Å². The van der Waals surface area contributed by atoms with Crippen molar-refractivity contribution >= 4 is 11.8 Å². The van der Waals surface area contributed by atoms with Gasteiger partial charge in [0.05, 0.1) is 6.20 Å². The number of thioether (sulfide) groups is 1. The Labute approximate surface area is 139 Å². The molecule has 122 valence electrons. The topological polar surface area (TPSA) is 14.2 Å². The van der Waals surface area contributed by atoms with Crippen molar-refractivity contribution in [2.75, 3.05) is 6.61 Å². The molecule has 1 heterocycles. The quantitative estimate of drug-likeness (QED) is 0.287. The Morgan fingerprint density at radius 2 is 2.23 bits per heavy atom. The number of aromatic nitrogens is 1. The van der Waals surface area contributed by atoms with E-state index in [-0.39, 0.29) is 0 Å². The van der Waals surface area contributed by atoms with Crippen molar-refractivity contribution in [3.05, 3.63) is 54.2 Å². The molecule has 0 aromatic carbocycles. The number of hydrogen-bond acceptors (Lipinski definition) is 2. The number of rotatable bonds is 11. The molecule has 2 nitrogen and oxygen atoms in total. The molecule has 1 aromatic heterocycles. The van der Waals surface area contributed by atoms with E-state index in [9.17, 15) is 0 Å². The third-order valence-electron chi connectivity index (χ3n) is 3.38.